The Bertz CT molecular complexity index is 734. The molecule has 0 aromatic heterocycles. The first-order valence-electron chi connectivity index (χ1n) is 7.03. The Balaban J connectivity index is 2.24. The van der Waals surface area contributed by atoms with Gasteiger partial charge in [0.15, 0.2) is 11.5 Å². The summed E-state index contributed by atoms with van der Waals surface area (Å²) in [5.41, 5.74) is 1.75. The molecule has 2 aromatic carbocycles. The minimum absolute atomic E-state index is 0.352. The summed E-state index contributed by atoms with van der Waals surface area (Å²) in [6.45, 7) is 2.72. The Morgan fingerprint density at radius 3 is 2.52 bits per heavy atom. The second-order valence-electron chi connectivity index (χ2n) is 4.64. The summed E-state index contributed by atoms with van der Waals surface area (Å²) in [6, 6.07) is 12.9. The lowest BCUT2D eigenvalue weighted by Crippen LogP contribution is -2.00. The molecule has 2 aromatic rings. The van der Waals surface area contributed by atoms with Crippen LogP contribution in [0.1, 0.15) is 18.1 Å². The van der Waals surface area contributed by atoms with Crippen molar-refractivity contribution >= 4 is 29.3 Å². The van der Waals surface area contributed by atoms with Crippen molar-refractivity contribution in [1.82, 2.24) is 0 Å². The average Bonchev–Trinajstić information content (AvgIpc) is 2.54. The van der Waals surface area contributed by atoms with E-state index >= 15 is 0 Å². The molecule has 3 nitrogen and oxygen atoms in total. The van der Waals surface area contributed by atoms with Crippen molar-refractivity contribution < 1.29 is 9.47 Å². The zero-order chi connectivity index (χ0) is 16.7. The van der Waals surface area contributed by atoms with Crippen molar-refractivity contribution in [3.63, 3.8) is 0 Å². The van der Waals surface area contributed by atoms with E-state index in [-0.39, 0.29) is 0 Å². The maximum atomic E-state index is 8.62. The van der Waals surface area contributed by atoms with Crippen molar-refractivity contribution in [3.8, 4) is 17.6 Å². The first-order chi connectivity index (χ1) is 11.1. The summed E-state index contributed by atoms with van der Waals surface area (Å²) in [5.74, 6) is 1.03. The van der Waals surface area contributed by atoms with Crippen molar-refractivity contribution in [3.05, 3.63) is 63.6 Å². The van der Waals surface area contributed by atoms with Crippen LogP contribution in [-0.4, -0.2) is 6.61 Å². The molecule has 23 heavy (non-hydrogen) atoms. The normalized spacial score (nSPS) is 10.5. The van der Waals surface area contributed by atoms with E-state index in [4.69, 9.17) is 37.9 Å². The number of hydrogen-bond acceptors (Lipinski definition) is 3. The lowest BCUT2D eigenvalue weighted by molar-refractivity contribution is 0.269. The summed E-state index contributed by atoms with van der Waals surface area (Å²) in [4.78, 5) is 0. The first kappa shape index (κ1) is 17.2. The monoisotopic (exact) mass is 347 g/mol. The molecule has 0 bridgehead atoms. The van der Waals surface area contributed by atoms with Crippen LogP contribution in [0.2, 0.25) is 10.0 Å². The van der Waals surface area contributed by atoms with E-state index < -0.39 is 0 Å². The van der Waals surface area contributed by atoms with Crippen LogP contribution in [0.15, 0.2) is 42.5 Å². The molecule has 118 valence electrons. The van der Waals surface area contributed by atoms with Gasteiger partial charge in [-0.2, -0.15) is 5.26 Å². The number of hydrogen-bond donors (Lipinski definition) is 0. The van der Waals surface area contributed by atoms with Crippen molar-refractivity contribution in [2.24, 2.45) is 0 Å². The SMILES string of the molecule is CCOc1cc(C=CC#N)cc(Cl)c1OCc1ccc(Cl)cc1. The maximum absolute atomic E-state index is 8.62. The molecule has 0 fully saturated rings. The van der Waals surface area contributed by atoms with Crippen LogP contribution in [0, 0.1) is 11.3 Å². The van der Waals surface area contributed by atoms with Gasteiger partial charge in [-0.05, 0) is 48.4 Å². The molecule has 0 aliphatic rings. The standard InChI is InChI=1S/C18H15Cl2NO2/c1-2-22-17-11-14(4-3-9-21)10-16(20)18(17)23-12-13-5-7-15(19)8-6-13/h3-8,10-11H,2,12H2,1H3. The highest BCUT2D eigenvalue weighted by Crippen LogP contribution is 2.37. The zero-order valence-electron chi connectivity index (χ0n) is 12.6. The third kappa shape index (κ3) is 4.92. The van der Waals surface area contributed by atoms with E-state index in [1.165, 1.54) is 6.08 Å². The van der Waals surface area contributed by atoms with Crippen LogP contribution in [0.25, 0.3) is 6.08 Å². The van der Waals surface area contributed by atoms with Gasteiger partial charge in [0.1, 0.15) is 6.61 Å². The Morgan fingerprint density at radius 1 is 1.13 bits per heavy atom. The highest BCUT2D eigenvalue weighted by atomic mass is 35.5. The number of allylic oxidation sites excluding steroid dienone is 1. The van der Waals surface area contributed by atoms with Crippen LogP contribution in [0.4, 0.5) is 0 Å². The van der Waals surface area contributed by atoms with Gasteiger partial charge < -0.3 is 9.47 Å². The van der Waals surface area contributed by atoms with Crippen LogP contribution >= 0.6 is 23.2 Å². The molecule has 0 unspecified atom stereocenters. The third-order valence-corrected chi connectivity index (χ3v) is 3.51. The van der Waals surface area contributed by atoms with Gasteiger partial charge in [0.25, 0.3) is 0 Å². The van der Waals surface area contributed by atoms with Gasteiger partial charge in [0.05, 0.1) is 17.7 Å². The second kappa shape index (κ2) is 8.47. The molecule has 0 atom stereocenters. The van der Waals surface area contributed by atoms with Gasteiger partial charge in [0, 0.05) is 11.1 Å². The van der Waals surface area contributed by atoms with Crippen molar-refractivity contribution in [2.45, 2.75) is 13.5 Å². The molecule has 0 saturated carbocycles. The Hall–Kier alpha value is -2.15. The van der Waals surface area contributed by atoms with Crippen LogP contribution < -0.4 is 9.47 Å². The first-order valence-corrected chi connectivity index (χ1v) is 7.79. The fourth-order valence-corrected chi connectivity index (χ4v) is 2.36. The number of halogens is 2. The Morgan fingerprint density at radius 2 is 1.87 bits per heavy atom. The molecule has 0 saturated heterocycles. The molecule has 0 amide bonds. The minimum Gasteiger partial charge on any atom is -0.490 e. The van der Waals surface area contributed by atoms with E-state index in [0.717, 1.165) is 11.1 Å². The number of rotatable bonds is 6. The number of nitrogens with zero attached hydrogens (tertiary/aromatic N) is 1. The minimum atomic E-state index is 0.352. The average molecular weight is 348 g/mol. The summed E-state index contributed by atoms with van der Waals surface area (Å²) in [5, 5.41) is 9.73. The number of nitriles is 1. The number of benzene rings is 2. The van der Waals surface area contributed by atoms with Crippen LogP contribution in [0.5, 0.6) is 11.5 Å². The second-order valence-corrected chi connectivity index (χ2v) is 5.48. The van der Waals surface area contributed by atoms with Gasteiger partial charge in [-0.25, -0.2) is 0 Å². The van der Waals surface area contributed by atoms with E-state index in [2.05, 4.69) is 0 Å². The van der Waals surface area contributed by atoms with E-state index in [0.29, 0.717) is 34.8 Å². The summed E-state index contributed by atoms with van der Waals surface area (Å²) in [6.07, 6.45) is 3.05. The molecule has 0 heterocycles. The van der Waals surface area contributed by atoms with Crippen LogP contribution in [-0.2, 0) is 6.61 Å². The topological polar surface area (TPSA) is 42.2 Å². The third-order valence-electron chi connectivity index (χ3n) is 2.98. The maximum Gasteiger partial charge on any atom is 0.180 e. The van der Waals surface area contributed by atoms with Crippen molar-refractivity contribution in [2.75, 3.05) is 6.61 Å². The molecule has 5 heteroatoms. The Labute approximate surface area is 145 Å². The zero-order valence-corrected chi connectivity index (χ0v) is 14.1. The lowest BCUT2D eigenvalue weighted by atomic mass is 10.2. The van der Waals surface area contributed by atoms with E-state index in [1.807, 2.05) is 25.1 Å². The molecule has 0 aliphatic heterocycles. The molecule has 2 rings (SSSR count). The molecule has 0 radical (unpaired) electrons. The summed E-state index contributed by atoms with van der Waals surface area (Å²) in [7, 11) is 0. The summed E-state index contributed by atoms with van der Waals surface area (Å²) < 4.78 is 11.4. The Kier molecular flexibility index (Phi) is 6.34. The predicted octanol–water partition coefficient (Wildman–Crippen LogP) is 5.51. The van der Waals surface area contributed by atoms with Gasteiger partial charge in [0.2, 0.25) is 0 Å². The largest absolute Gasteiger partial charge is 0.490 e. The highest BCUT2D eigenvalue weighted by molar-refractivity contribution is 6.32. The van der Waals surface area contributed by atoms with Gasteiger partial charge >= 0.3 is 0 Å². The predicted molar refractivity (Wildman–Crippen MR) is 93.1 cm³/mol. The smallest absolute Gasteiger partial charge is 0.180 e. The highest BCUT2D eigenvalue weighted by Gasteiger charge is 2.12. The molecule has 0 N–H and O–H groups in total. The lowest BCUT2D eigenvalue weighted by Gasteiger charge is -2.14. The fourth-order valence-electron chi connectivity index (χ4n) is 1.96. The van der Waals surface area contributed by atoms with E-state index in [9.17, 15) is 0 Å². The van der Waals surface area contributed by atoms with Crippen LogP contribution in [0.3, 0.4) is 0 Å². The van der Waals surface area contributed by atoms with Crippen molar-refractivity contribution in [1.29, 1.82) is 5.26 Å². The van der Waals surface area contributed by atoms with Gasteiger partial charge in [-0.3, -0.25) is 0 Å². The molecular formula is C18H15Cl2NO2. The number of ether oxygens (including phenoxy) is 2. The molecular weight excluding hydrogens is 333 g/mol. The van der Waals surface area contributed by atoms with E-state index in [1.54, 1.807) is 30.3 Å². The summed E-state index contributed by atoms with van der Waals surface area (Å²) >= 11 is 12.2. The molecule has 0 spiro atoms. The van der Waals surface area contributed by atoms with Gasteiger partial charge in [-0.15, -0.1) is 0 Å². The quantitative estimate of drug-likeness (QED) is 0.647. The van der Waals surface area contributed by atoms with Gasteiger partial charge in [-0.1, -0.05) is 35.3 Å². The fraction of sp³-hybridized carbons (Fsp3) is 0.167. The molecule has 0 aliphatic carbocycles.